The molecule has 20 heavy (non-hydrogen) atoms. The van der Waals surface area contributed by atoms with Crippen molar-refractivity contribution in [2.24, 2.45) is 5.92 Å². The molecule has 3 aliphatic rings. The fraction of sp³-hybridized carbons (Fsp3) is 1.00. The van der Waals surface area contributed by atoms with Crippen molar-refractivity contribution in [3.63, 3.8) is 0 Å². The van der Waals surface area contributed by atoms with Gasteiger partial charge >= 0.3 is 0 Å². The van der Waals surface area contributed by atoms with E-state index in [0.29, 0.717) is 0 Å². The highest BCUT2D eigenvalue weighted by Crippen LogP contribution is 2.29. The first-order chi connectivity index (χ1) is 9.86. The van der Waals surface area contributed by atoms with Crippen molar-refractivity contribution in [3.05, 3.63) is 0 Å². The van der Waals surface area contributed by atoms with E-state index in [0.717, 1.165) is 18.0 Å². The number of nitrogens with zero attached hydrogens (tertiary/aromatic N) is 2. The Bertz CT molecular complexity index is 280. The van der Waals surface area contributed by atoms with Crippen molar-refractivity contribution in [2.75, 3.05) is 39.8 Å². The lowest BCUT2D eigenvalue weighted by molar-refractivity contribution is 0.0933. The first kappa shape index (κ1) is 14.8. The highest BCUT2D eigenvalue weighted by Gasteiger charge is 2.28. The smallest absolute Gasteiger partial charge is 0.0113 e. The van der Waals surface area contributed by atoms with Crippen LogP contribution in [0.15, 0.2) is 0 Å². The molecule has 0 aromatic rings. The Morgan fingerprint density at radius 1 is 0.900 bits per heavy atom. The molecule has 0 bridgehead atoms. The van der Waals surface area contributed by atoms with E-state index in [4.69, 9.17) is 0 Å². The summed E-state index contributed by atoms with van der Waals surface area (Å²) in [5.74, 6) is 0.938. The monoisotopic (exact) mass is 279 g/mol. The Balaban J connectivity index is 1.36. The molecule has 2 atom stereocenters. The van der Waals surface area contributed by atoms with Gasteiger partial charge in [0.1, 0.15) is 0 Å². The molecule has 3 rings (SSSR count). The van der Waals surface area contributed by atoms with E-state index in [-0.39, 0.29) is 0 Å². The molecule has 0 amide bonds. The summed E-state index contributed by atoms with van der Waals surface area (Å²) >= 11 is 0. The van der Waals surface area contributed by atoms with Crippen molar-refractivity contribution in [3.8, 4) is 0 Å². The van der Waals surface area contributed by atoms with Crippen LogP contribution in [0.1, 0.15) is 51.4 Å². The van der Waals surface area contributed by atoms with E-state index in [1.165, 1.54) is 84.1 Å². The van der Waals surface area contributed by atoms with Gasteiger partial charge in [-0.05, 0) is 51.6 Å². The van der Waals surface area contributed by atoms with Gasteiger partial charge in [-0.15, -0.1) is 0 Å². The van der Waals surface area contributed by atoms with Crippen molar-refractivity contribution in [1.29, 1.82) is 0 Å². The van der Waals surface area contributed by atoms with Gasteiger partial charge in [-0.1, -0.05) is 19.3 Å². The molecule has 0 aromatic heterocycles. The van der Waals surface area contributed by atoms with Crippen LogP contribution in [0.2, 0.25) is 0 Å². The Morgan fingerprint density at radius 2 is 1.65 bits per heavy atom. The molecule has 0 spiro atoms. The SMILES string of the molecule is CNC1CCCC1CCN1CCN(C2CCCC2)CC1. The topological polar surface area (TPSA) is 18.5 Å². The minimum Gasteiger partial charge on any atom is -0.317 e. The molecule has 116 valence electrons. The van der Waals surface area contributed by atoms with E-state index in [1.54, 1.807) is 0 Å². The molecule has 2 aliphatic carbocycles. The summed E-state index contributed by atoms with van der Waals surface area (Å²) < 4.78 is 0. The Kier molecular flexibility index (Phi) is 5.36. The van der Waals surface area contributed by atoms with Crippen LogP contribution in [-0.4, -0.2) is 61.7 Å². The van der Waals surface area contributed by atoms with Gasteiger partial charge in [0.15, 0.2) is 0 Å². The molecule has 2 saturated carbocycles. The van der Waals surface area contributed by atoms with E-state index in [9.17, 15) is 0 Å². The van der Waals surface area contributed by atoms with Gasteiger partial charge in [0.05, 0.1) is 0 Å². The second kappa shape index (κ2) is 7.24. The summed E-state index contributed by atoms with van der Waals surface area (Å²) in [6.07, 6.45) is 11.6. The summed E-state index contributed by atoms with van der Waals surface area (Å²) in [7, 11) is 2.14. The van der Waals surface area contributed by atoms with Crippen LogP contribution < -0.4 is 5.32 Å². The maximum Gasteiger partial charge on any atom is 0.0113 e. The van der Waals surface area contributed by atoms with Gasteiger partial charge in [0.25, 0.3) is 0 Å². The number of hydrogen-bond acceptors (Lipinski definition) is 3. The van der Waals surface area contributed by atoms with Gasteiger partial charge in [0.2, 0.25) is 0 Å². The van der Waals surface area contributed by atoms with Crippen molar-refractivity contribution in [1.82, 2.24) is 15.1 Å². The summed E-state index contributed by atoms with van der Waals surface area (Å²) in [4.78, 5) is 5.49. The second-order valence-corrected chi connectivity index (χ2v) is 7.19. The molecule has 2 unspecified atom stereocenters. The lowest BCUT2D eigenvalue weighted by atomic mass is 9.99. The predicted molar refractivity (Wildman–Crippen MR) is 85.1 cm³/mol. The van der Waals surface area contributed by atoms with Gasteiger partial charge in [-0.25, -0.2) is 0 Å². The molecule has 1 heterocycles. The molecule has 3 fully saturated rings. The molecule has 0 aromatic carbocycles. The Labute approximate surface area is 125 Å². The number of rotatable bonds is 5. The third-order valence-corrected chi connectivity index (χ3v) is 6.09. The molecule has 3 nitrogen and oxygen atoms in total. The largest absolute Gasteiger partial charge is 0.317 e. The van der Waals surface area contributed by atoms with Gasteiger partial charge in [0, 0.05) is 38.3 Å². The minimum absolute atomic E-state index is 0.801. The lowest BCUT2D eigenvalue weighted by Crippen LogP contribution is -2.50. The molecule has 1 aliphatic heterocycles. The third-order valence-electron chi connectivity index (χ3n) is 6.09. The van der Waals surface area contributed by atoms with E-state index < -0.39 is 0 Å². The number of piperazine rings is 1. The second-order valence-electron chi connectivity index (χ2n) is 7.19. The number of nitrogens with one attached hydrogen (secondary N) is 1. The first-order valence-corrected chi connectivity index (χ1v) is 9.00. The summed E-state index contributed by atoms with van der Waals surface area (Å²) in [6, 6.07) is 1.73. The number of hydrogen-bond donors (Lipinski definition) is 1. The molecular formula is C17H33N3. The summed E-state index contributed by atoms with van der Waals surface area (Å²) in [5, 5.41) is 3.52. The molecule has 3 heteroatoms. The van der Waals surface area contributed by atoms with Gasteiger partial charge in [-0.3, -0.25) is 4.90 Å². The highest BCUT2D eigenvalue weighted by molar-refractivity contribution is 4.85. The fourth-order valence-corrected chi connectivity index (χ4v) is 4.73. The zero-order chi connectivity index (χ0) is 13.8. The van der Waals surface area contributed by atoms with Crippen molar-refractivity contribution >= 4 is 0 Å². The Morgan fingerprint density at radius 3 is 2.35 bits per heavy atom. The molecular weight excluding hydrogens is 246 g/mol. The Hall–Kier alpha value is -0.120. The normalized spacial score (nSPS) is 34.0. The third kappa shape index (κ3) is 3.55. The van der Waals surface area contributed by atoms with Gasteiger partial charge in [-0.2, -0.15) is 0 Å². The van der Waals surface area contributed by atoms with Crippen LogP contribution >= 0.6 is 0 Å². The van der Waals surface area contributed by atoms with Gasteiger partial charge < -0.3 is 10.2 Å². The van der Waals surface area contributed by atoms with Crippen molar-refractivity contribution in [2.45, 2.75) is 63.5 Å². The van der Waals surface area contributed by atoms with Crippen LogP contribution in [0.4, 0.5) is 0 Å². The van der Waals surface area contributed by atoms with Crippen LogP contribution in [0.3, 0.4) is 0 Å². The van der Waals surface area contributed by atoms with Crippen LogP contribution in [0, 0.1) is 5.92 Å². The maximum absolute atomic E-state index is 3.52. The summed E-state index contributed by atoms with van der Waals surface area (Å²) in [6.45, 7) is 6.61. The van der Waals surface area contributed by atoms with E-state index in [1.807, 2.05) is 0 Å². The predicted octanol–water partition coefficient (Wildman–Crippen LogP) is 2.32. The quantitative estimate of drug-likeness (QED) is 0.833. The lowest BCUT2D eigenvalue weighted by Gasteiger charge is -2.38. The fourth-order valence-electron chi connectivity index (χ4n) is 4.73. The summed E-state index contributed by atoms with van der Waals surface area (Å²) in [5.41, 5.74) is 0. The highest BCUT2D eigenvalue weighted by atomic mass is 15.3. The average molecular weight is 279 g/mol. The minimum atomic E-state index is 0.801. The van der Waals surface area contributed by atoms with Crippen LogP contribution in [0.25, 0.3) is 0 Å². The zero-order valence-corrected chi connectivity index (χ0v) is 13.3. The standard InChI is InChI=1S/C17H33N3/c1-18-17-8-4-5-15(17)9-10-19-11-13-20(14-12-19)16-6-2-3-7-16/h15-18H,2-14H2,1H3. The molecule has 1 N–H and O–H groups in total. The first-order valence-electron chi connectivity index (χ1n) is 9.00. The average Bonchev–Trinajstić information content (AvgIpc) is 3.16. The van der Waals surface area contributed by atoms with Crippen molar-refractivity contribution < 1.29 is 0 Å². The van der Waals surface area contributed by atoms with E-state index >= 15 is 0 Å². The maximum atomic E-state index is 3.52. The van der Waals surface area contributed by atoms with E-state index in [2.05, 4.69) is 22.2 Å². The molecule has 1 saturated heterocycles. The zero-order valence-electron chi connectivity index (χ0n) is 13.3. The van der Waals surface area contributed by atoms with Crippen LogP contribution in [0.5, 0.6) is 0 Å². The molecule has 0 radical (unpaired) electrons. The van der Waals surface area contributed by atoms with Crippen LogP contribution in [-0.2, 0) is 0 Å².